The number of unbranched alkanes of at least 4 members (excludes halogenated alkanes) is 3. The second-order valence-electron chi connectivity index (χ2n) is 5.00. The highest BCUT2D eigenvalue weighted by atomic mass is 32.2. The third-order valence-electron chi connectivity index (χ3n) is 2.92. The first-order chi connectivity index (χ1) is 10.4. The molecule has 0 unspecified atom stereocenters. The van der Waals surface area contributed by atoms with Crippen LogP contribution in [0.1, 0.15) is 45.4 Å². The van der Waals surface area contributed by atoms with Gasteiger partial charge in [-0.1, -0.05) is 37.9 Å². The van der Waals surface area contributed by atoms with Crippen molar-refractivity contribution in [1.29, 1.82) is 0 Å². The molecule has 8 heteroatoms. The number of hydrogen-bond donors (Lipinski definition) is 3. The van der Waals surface area contributed by atoms with Crippen LogP contribution in [-0.4, -0.2) is 46.6 Å². The zero-order valence-corrected chi connectivity index (χ0v) is 13.8. The van der Waals surface area contributed by atoms with Gasteiger partial charge in [0.05, 0.1) is 12.6 Å². The molecule has 0 radical (unpaired) electrons. The van der Waals surface area contributed by atoms with E-state index < -0.39 is 24.0 Å². The number of carboxylic acid groups (broad SMARTS) is 1. The number of esters is 1. The average molecular weight is 334 g/mol. The van der Waals surface area contributed by atoms with Crippen LogP contribution in [0.4, 0.5) is 0 Å². The van der Waals surface area contributed by atoms with Crippen LogP contribution in [0.3, 0.4) is 0 Å². The van der Waals surface area contributed by atoms with Crippen LogP contribution in [0.15, 0.2) is 0 Å². The maximum Gasteiger partial charge on any atom is 0.323 e. The molecule has 0 aromatic heterocycles. The topological polar surface area (TPSA) is 133 Å². The monoisotopic (exact) mass is 334 g/mol. The molecule has 0 amide bonds. The molecule has 0 fully saturated rings. The van der Waals surface area contributed by atoms with Crippen molar-refractivity contribution in [3.8, 4) is 0 Å². The first-order valence-electron chi connectivity index (χ1n) is 7.44. The Labute approximate surface area is 135 Å². The zero-order chi connectivity index (χ0) is 17.0. The molecule has 2 atom stereocenters. The summed E-state index contributed by atoms with van der Waals surface area (Å²) in [6.07, 6.45) is 3.91. The van der Waals surface area contributed by atoms with E-state index in [9.17, 15) is 14.4 Å². The number of nitrogens with two attached hydrogens (primary N) is 2. The molecule has 7 nitrogen and oxygen atoms in total. The van der Waals surface area contributed by atoms with Crippen LogP contribution in [0, 0.1) is 0 Å². The number of aliphatic carboxylic acids is 1. The second kappa shape index (κ2) is 12.4. The number of carbonyl (C=O) groups is 3. The molecule has 0 aromatic carbocycles. The molecule has 0 aromatic rings. The molecular formula is C14H26N2O5S. The highest BCUT2D eigenvalue weighted by Gasteiger charge is 2.20. The van der Waals surface area contributed by atoms with Gasteiger partial charge in [-0.05, 0) is 12.8 Å². The highest BCUT2D eigenvalue weighted by molar-refractivity contribution is 8.13. The van der Waals surface area contributed by atoms with E-state index in [0.29, 0.717) is 6.61 Å². The summed E-state index contributed by atoms with van der Waals surface area (Å²) < 4.78 is 5.02. The fraction of sp³-hybridized carbons (Fsp3) is 0.786. The van der Waals surface area contributed by atoms with E-state index >= 15 is 0 Å². The Balaban J connectivity index is 3.85. The minimum Gasteiger partial charge on any atom is -0.481 e. The van der Waals surface area contributed by atoms with Crippen molar-refractivity contribution in [2.45, 2.75) is 57.5 Å². The van der Waals surface area contributed by atoms with Crippen LogP contribution >= 0.6 is 11.8 Å². The van der Waals surface area contributed by atoms with Crippen molar-refractivity contribution in [3.63, 3.8) is 0 Å². The van der Waals surface area contributed by atoms with E-state index in [0.717, 1.165) is 37.4 Å². The van der Waals surface area contributed by atoms with E-state index in [2.05, 4.69) is 6.92 Å². The first-order valence-corrected chi connectivity index (χ1v) is 8.43. The number of carbonyl (C=O) groups excluding carboxylic acids is 2. The van der Waals surface area contributed by atoms with Crippen molar-refractivity contribution >= 4 is 28.8 Å². The summed E-state index contributed by atoms with van der Waals surface area (Å²) in [5, 5.41) is 8.15. The van der Waals surface area contributed by atoms with Crippen LogP contribution < -0.4 is 11.5 Å². The largest absolute Gasteiger partial charge is 0.481 e. The Kier molecular flexibility index (Phi) is 11.8. The molecule has 128 valence electrons. The summed E-state index contributed by atoms with van der Waals surface area (Å²) in [5.74, 6) is -1.46. The van der Waals surface area contributed by atoms with Gasteiger partial charge in [0.25, 0.3) is 0 Å². The van der Waals surface area contributed by atoms with Crippen LogP contribution in [0.5, 0.6) is 0 Å². The van der Waals surface area contributed by atoms with Gasteiger partial charge >= 0.3 is 11.9 Å². The summed E-state index contributed by atoms with van der Waals surface area (Å²) in [4.78, 5) is 33.6. The first kappa shape index (κ1) is 20.9. The highest BCUT2D eigenvalue weighted by Crippen LogP contribution is 2.10. The Hall–Kier alpha value is -1.12. The molecule has 0 heterocycles. The van der Waals surface area contributed by atoms with Crippen LogP contribution in [0.2, 0.25) is 0 Å². The SMILES string of the molecule is CCCCCCOC(=O)[C@@H](N)CSC(=O)[C@@H](N)CCC(=O)O. The van der Waals surface area contributed by atoms with Gasteiger partial charge in [0.15, 0.2) is 0 Å². The summed E-state index contributed by atoms with van der Waals surface area (Å²) in [7, 11) is 0. The Morgan fingerprint density at radius 2 is 1.82 bits per heavy atom. The van der Waals surface area contributed by atoms with Gasteiger partial charge in [-0.2, -0.15) is 0 Å². The van der Waals surface area contributed by atoms with Gasteiger partial charge in [-0.25, -0.2) is 0 Å². The molecule has 0 rings (SSSR count). The number of rotatable bonds is 12. The lowest BCUT2D eigenvalue weighted by atomic mass is 10.2. The maximum absolute atomic E-state index is 11.7. The Bertz CT molecular complexity index is 365. The third kappa shape index (κ3) is 10.6. The Morgan fingerprint density at radius 3 is 2.41 bits per heavy atom. The van der Waals surface area contributed by atoms with E-state index in [4.69, 9.17) is 21.3 Å². The maximum atomic E-state index is 11.7. The minimum absolute atomic E-state index is 0.0677. The average Bonchev–Trinajstić information content (AvgIpc) is 2.49. The van der Waals surface area contributed by atoms with Crippen LogP contribution in [0.25, 0.3) is 0 Å². The molecule has 0 saturated heterocycles. The third-order valence-corrected chi connectivity index (χ3v) is 4.04. The molecule has 0 spiro atoms. The number of thioether (sulfide) groups is 1. The summed E-state index contributed by atoms with van der Waals surface area (Å²) in [6, 6.07) is -1.75. The molecule has 22 heavy (non-hydrogen) atoms. The van der Waals surface area contributed by atoms with E-state index in [-0.39, 0.29) is 23.7 Å². The lowest BCUT2D eigenvalue weighted by Gasteiger charge is -2.12. The van der Waals surface area contributed by atoms with Gasteiger partial charge in [0.2, 0.25) is 5.12 Å². The second-order valence-corrected chi connectivity index (χ2v) is 6.03. The van der Waals surface area contributed by atoms with Crippen molar-refractivity contribution in [1.82, 2.24) is 0 Å². The van der Waals surface area contributed by atoms with Crippen molar-refractivity contribution in [3.05, 3.63) is 0 Å². The van der Waals surface area contributed by atoms with Gasteiger partial charge in [-0.15, -0.1) is 0 Å². The summed E-state index contributed by atoms with van der Waals surface area (Å²) in [6.45, 7) is 2.43. The number of hydrogen-bond acceptors (Lipinski definition) is 7. The van der Waals surface area contributed by atoms with E-state index in [1.165, 1.54) is 0 Å². The van der Waals surface area contributed by atoms with Gasteiger partial charge in [0, 0.05) is 12.2 Å². The molecule has 0 aliphatic rings. The molecular weight excluding hydrogens is 308 g/mol. The standard InChI is InChI=1S/C14H26N2O5S/c1-2-3-4-5-8-21-13(19)11(16)9-22-14(20)10(15)6-7-12(17)18/h10-11H,2-9,15-16H2,1H3,(H,17,18)/t10-,11-/m0/s1. The quantitative estimate of drug-likeness (QED) is 0.354. The van der Waals surface area contributed by atoms with Gasteiger partial charge in [-0.3, -0.25) is 14.4 Å². The predicted octanol–water partition coefficient (Wildman–Crippen LogP) is 0.889. The van der Waals surface area contributed by atoms with Gasteiger partial charge in [0.1, 0.15) is 6.04 Å². The zero-order valence-electron chi connectivity index (χ0n) is 13.0. The van der Waals surface area contributed by atoms with Crippen molar-refractivity contribution in [2.24, 2.45) is 11.5 Å². The number of carboxylic acids is 1. The lowest BCUT2D eigenvalue weighted by molar-refractivity contribution is -0.144. The smallest absolute Gasteiger partial charge is 0.323 e. The van der Waals surface area contributed by atoms with Crippen molar-refractivity contribution in [2.75, 3.05) is 12.4 Å². The number of ether oxygens (including phenoxy) is 1. The lowest BCUT2D eigenvalue weighted by Crippen LogP contribution is -2.37. The molecule has 0 saturated carbocycles. The minimum atomic E-state index is -1.00. The fourth-order valence-corrected chi connectivity index (χ4v) is 2.36. The van der Waals surface area contributed by atoms with Crippen LogP contribution in [-0.2, 0) is 19.1 Å². The van der Waals surface area contributed by atoms with Crippen molar-refractivity contribution < 1.29 is 24.2 Å². The van der Waals surface area contributed by atoms with E-state index in [1.807, 2.05) is 0 Å². The van der Waals surface area contributed by atoms with E-state index in [1.54, 1.807) is 0 Å². The summed E-state index contributed by atoms with van der Waals surface area (Å²) >= 11 is 0.837. The predicted molar refractivity (Wildman–Crippen MR) is 85.4 cm³/mol. The van der Waals surface area contributed by atoms with Gasteiger partial charge < -0.3 is 21.3 Å². The fourth-order valence-electron chi connectivity index (χ4n) is 1.55. The molecule has 5 N–H and O–H groups in total. The normalized spacial score (nSPS) is 13.4. The molecule has 0 aliphatic heterocycles. The molecule has 0 aliphatic carbocycles. The summed E-state index contributed by atoms with van der Waals surface area (Å²) in [5.41, 5.74) is 11.2. The Morgan fingerprint density at radius 1 is 1.14 bits per heavy atom. The molecule has 0 bridgehead atoms.